The van der Waals surface area contributed by atoms with E-state index in [2.05, 4.69) is 83.7 Å². The van der Waals surface area contributed by atoms with Crippen molar-refractivity contribution in [3.63, 3.8) is 0 Å². The molecule has 1 heterocycles. The molecule has 0 aromatic carbocycles. The van der Waals surface area contributed by atoms with E-state index < -0.39 is 0 Å². The number of fused-ring (bicyclic) bond motifs is 6. The lowest BCUT2D eigenvalue weighted by Crippen LogP contribution is -2.51. The molecule has 6 aliphatic rings. The Hall–Kier alpha value is -0.980. The van der Waals surface area contributed by atoms with Crippen molar-refractivity contribution in [3.05, 3.63) is 36.0 Å². The van der Waals surface area contributed by atoms with E-state index >= 15 is 0 Å². The van der Waals surface area contributed by atoms with Gasteiger partial charge in [0, 0.05) is 26.2 Å². The van der Waals surface area contributed by atoms with E-state index in [1.165, 1.54) is 161 Å². The third-order valence-electron chi connectivity index (χ3n) is 19.2. The molecule has 0 N–H and O–H groups in total. The monoisotopic (exact) mass is 918 g/mol. The summed E-state index contributed by atoms with van der Waals surface area (Å²) in [5.41, 5.74) is 2.68. The van der Waals surface area contributed by atoms with Crippen molar-refractivity contribution in [1.29, 1.82) is 0 Å². The van der Waals surface area contributed by atoms with Gasteiger partial charge in [0.15, 0.2) is 0 Å². The van der Waals surface area contributed by atoms with Gasteiger partial charge in [0.2, 0.25) is 0 Å². The van der Waals surface area contributed by atoms with Gasteiger partial charge < -0.3 is 23.8 Å². The second kappa shape index (κ2) is 28.8. The van der Waals surface area contributed by atoms with Gasteiger partial charge in [0.25, 0.3) is 0 Å². The normalized spacial score (nSPS) is 33.3. The van der Waals surface area contributed by atoms with Crippen LogP contribution < -0.4 is 0 Å². The first-order valence-electron chi connectivity index (χ1n) is 29.2. The van der Waals surface area contributed by atoms with Crippen LogP contribution >= 0.6 is 0 Å². The first-order chi connectivity index (χ1) is 32.1. The van der Waals surface area contributed by atoms with Crippen LogP contribution in [0.3, 0.4) is 0 Å². The van der Waals surface area contributed by atoms with E-state index in [0.29, 0.717) is 50.0 Å². The molecule has 0 bridgehead atoms. The molecule has 5 nitrogen and oxygen atoms in total. The fourth-order valence-corrected chi connectivity index (χ4v) is 15.3. The molecule has 1 aliphatic heterocycles. The summed E-state index contributed by atoms with van der Waals surface area (Å²) in [6.07, 6.45) is 47.2. The van der Waals surface area contributed by atoms with E-state index in [1.807, 2.05) is 0 Å². The van der Waals surface area contributed by atoms with Crippen LogP contribution in [0.25, 0.3) is 0 Å². The summed E-state index contributed by atoms with van der Waals surface area (Å²) in [4.78, 5) is 2.70. The molecular weight excluding hydrogens is 811 g/mol. The van der Waals surface area contributed by atoms with Crippen molar-refractivity contribution in [3.8, 4) is 0 Å². The molecule has 0 spiro atoms. The fourth-order valence-electron chi connectivity index (χ4n) is 15.3. The average molecular weight is 919 g/mol. The summed E-state index contributed by atoms with van der Waals surface area (Å²) in [6, 6.07) is 0. The number of likely N-dealkylation sites (tertiary alicyclic amines) is 1. The van der Waals surface area contributed by atoms with Crippen molar-refractivity contribution >= 4 is 0 Å². The average Bonchev–Trinajstić information content (AvgIpc) is 3.89. The maximum absolute atomic E-state index is 6.56. The smallest absolute Gasteiger partial charge is 0.0936 e. The van der Waals surface area contributed by atoms with Gasteiger partial charge in [-0.25, -0.2) is 0 Å². The summed E-state index contributed by atoms with van der Waals surface area (Å²) in [5, 5.41) is 0. The first kappa shape index (κ1) is 54.4. The Morgan fingerprint density at radius 3 is 2.27 bits per heavy atom. The largest absolute Gasteiger partial charge is 0.379 e. The Labute approximate surface area is 409 Å². The van der Waals surface area contributed by atoms with Gasteiger partial charge in [-0.15, -0.1) is 0 Å². The van der Waals surface area contributed by atoms with E-state index in [1.54, 1.807) is 5.57 Å². The van der Waals surface area contributed by atoms with Crippen LogP contribution in [0, 0.1) is 64.1 Å². The number of hydrogen-bond donors (Lipinski definition) is 0. The minimum absolute atomic E-state index is 0.112. The zero-order valence-electron chi connectivity index (χ0n) is 44.6. The molecular formula is C61H107NO4. The highest BCUT2D eigenvalue weighted by Crippen LogP contribution is 2.67. The highest BCUT2D eigenvalue weighted by Gasteiger charge is 2.59. The van der Waals surface area contributed by atoms with Gasteiger partial charge >= 0.3 is 0 Å². The van der Waals surface area contributed by atoms with Crippen molar-refractivity contribution < 1.29 is 18.9 Å². The number of hydrogen-bond acceptors (Lipinski definition) is 5. The quantitative estimate of drug-likeness (QED) is 0.0497. The Morgan fingerprint density at radius 1 is 0.712 bits per heavy atom. The van der Waals surface area contributed by atoms with E-state index in [0.717, 1.165) is 85.7 Å². The summed E-state index contributed by atoms with van der Waals surface area (Å²) in [7, 11) is 0. The van der Waals surface area contributed by atoms with Gasteiger partial charge in [0.1, 0.15) is 0 Å². The standard InChI is InChI=1S/C61H107NO4/c1-8-9-10-11-12-13-14-15-16-17-18-19-20-21-22-23-38-64-47-54(45-62-44-51-29-25-27-49(4)56(51)46-62)66-42-40-63-39-41-65-53-34-36-60(6)52(43-53)30-31-55-58-33-32-57(50(5)28-24-26-48(2)3)61(58,7)37-35-59(55)60/h12-13,15-16,30,48-51,53-59H,8-11,14,17-29,31-47H2,1-7H3/t49?,50-,51?,53+,54?,55?,56?,57-,58?,59?,60+,61-/m1/s1. The maximum Gasteiger partial charge on any atom is 0.0936 e. The lowest BCUT2D eigenvalue weighted by atomic mass is 9.47. The number of unbranched alkanes of at least 4 members (excludes halogenated alkanes) is 9. The Morgan fingerprint density at radius 2 is 1.48 bits per heavy atom. The Bertz CT molecular complexity index is 1420. The molecule has 66 heavy (non-hydrogen) atoms. The molecule has 5 aliphatic carbocycles. The van der Waals surface area contributed by atoms with Gasteiger partial charge in [-0.2, -0.15) is 0 Å². The predicted octanol–water partition coefficient (Wildman–Crippen LogP) is 16.0. The Balaban J connectivity index is 0.839. The highest BCUT2D eigenvalue weighted by atomic mass is 16.6. The zero-order valence-corrected chi connectivity index (χ0v) is 44.6. The minimum Gasteiger partial charge on any atom is -0.379 e. The Kier molecular flexibility index (Phi) is 23.7. The van der Waals surface area contributed by atoms with Crippen LogP contribution in [-0.2, 0) is 18.9 Å². The van der Waals surface area contributed by atoms with Crippen molar-refractivity contribution in [2.45, 2.75) is 228 Å². The van der Waals surface area contributed by atoms with Crippen LogP contribution in [0.15, 0.2) is 36.0 Å². The predicted molar refractivity (Wildman–Crippen MR) is 280 cm³/mol. The maximum atomic E-state index is 6.56. The second-order valence-electron chi connectivity index (χ2n) is 24.3. The van der Waals surface area contributed by atoms with Crippen molar-refractivity contribution in [2.75, 3.05) is 59.3 Å². The highest BCUT2D eigenvalue weighted by molar-refractivity contribution is 5.25. The molecule has 1 saturated heterocycles. The summed E-state index contributed by atoms with van der Waals surface area (Å²) >= 11 is 0. The fraction of sp³-hybridized carbons (Fsp3) is 0.902. The van der Waals surface area contributed by atoms with Gasteiger partial charge in [-0.3, -0.25) is 0 Å². The number of rotatable bonds is 32. The van der Waals surface area contributed by atoms with Crippen molar-refractivity contribution in [1.82, 2.24) is 4.90 Å². The van der Waals surface area contributed by atoms with Crippen LogP contribution in [-0.4, -0.2) is 76.4 Å². The third kappa shape index (κ3) is 16.0. The molecule has 5 heteroatoms. The van der Waals surface area contributed by atoms with Crippen LogP contribution in [0.5, 0.6) is 0 Å². The van der Waals surface area contributed by atoms with Crippen LogP contribution in [0.4, 0.5) is 0 Å². The number of nitrogens with zero attached hydrogens (tertiary/aromatic N) is 1. The van der Waals surface area contributed by atoms with Gasteiger partial charge in [-0.05, 0) is 160 Å². The molecule has 0 aromatic rings. The molecule has 7 unspecified atom stereocenters. The van der Waals surface area contributed by atoms with E-state index in [4.69, 9.17) is 18.9 Å². The molecule has 6 rings (SSSR count). The minimum atomic E-state index is 0.112. The molecule has 0 aromatic heterocycles. The lowest BCUT2D eigenvalue weighted by molar-refractivity contribution is -0.0731. The molecule has 380 valence electrons. The topological polar surface area (TPSA) is 40.2 Å². The van der Waals surface area contributed by atoms with E-state index in [9.17, 15) is 0 Å². The van der Waals surface area contributed by atoms with E-state index in [-0.39, 0.29) is 6.10 Å². The molecule has 5 fully saturated rings. The van der Waals surface area contributed by atoms with Gasteiger partial charge in [0.05, 0.1) is 45.2 Å². The lowest BCUT2D eigenvalue weighted by Gasteiger charge is -2.58. The van der Waals surface area contributed by atoms with Crippen molar-refractivity contribution in [2.24, 2.45) is 64.1 Å². The molecule has 0 radical (unpaired) electrons. The van der Waals surface area contributed by atoms with Crippen LogP contribution in [0.1, 0.15) is 215 Å². The van der Waals surface area contributed by atoms with Gasteiger partial charge in [-0.1, -0.05) is 155 Å². The van der Waals surface area contributed by atoms with Crippen LogP contribution in [0.2, 0.25) is 0 Å². The SMILES string of the molecule is CCCCCC=CCC=CCCCCCCCCOCC(CN1CC2CCCC(C)C2C1)OCCOCCO[C@H]1CC[C@@]2(C)C(=CCC3C2CC[C@@]2(C)C3CC[C@@H]2[C@H](C)CCCC(C)C)C1. The zero-order chi connectivity index (χ0) is 46.6. The number of ether oxygens (including phenoxy) is 4. The summed E-state index contributed by atoms with van der Waals surface area (Å²) in [5.74, 6) is 7.97. The molecule has 12 atom stereocenters. The summed E-state index contributed by atoms with van der Waals surface area (Å²) in [6.45, 7) is 25.2. The summed E-state index contributed by atoms with van der Waals surface area (Å²) < 4.78 is 25.6. The number of allylic oxidation sites excluding steroid dienone is 5. The molecule has 0 amide bonds. The third-order valence-corrected chi connectivity index (χ3v) is 19.2. The molecule has 4 saturated carbocycles. The first-order valence-corrected chi connectivity index (χ1v) is 29.2. The second-order valence-corrected chi connectivity index (χ2v) is 24.3.